The molecule has 7 nitrogen and oxygen atoms in total. The summed E-state index contributed by atoms with van der Waals surface area (Å²) in [5.41, 5.74) is 0.739. The van der Waals surface area contributed by atoms with E-state index in [1.165, 1.54) is 28.7 Å². The Labute approximate surface area is 206 Å². The van der Waals surface area contributed by atoms with Crippen LogP contribution in [0.15, 0.2) is 35.8 Å². The molecule has 4 heterocycles. The minimum absolute atomic E-state index is 0.134. The number of fused-ring (bicyclic) bond motifs is 1. The number of aryl methyl sites for hydroxylation is 2. The summed E-state index contributed by atoms with van der Waals surface area (Å²) in [6.45, 7) is 4.22. The van der Waals surface area contributed by atoms with Gasteiger partial charge in [0.2, 0.25) is 0 Å². The van der Waals surface area contributed by atoms with E-state index in [1.54, 1.807) is 35.4 Å². The van der Waals surface area contributed by atoms with E-state index in [9.17, 15) is 22.8 Å². The molecule has 0 radical (unpaired) electrons. The quantitative estimate of drug-likeness (QED) is 0.411. The number of imidazole rings is 1. The maximum absolute atomic E-state index is 13.3. The monoisotopic (exact) mass is 519 g/mol. The van der Waals surface area contributed by atoms with Crippen molar-refractivity contribution < 1.29 is 22.8 Å². The van der Waals surface area contributed by atoms with Crippen molar-refractivity contribution in [3.63, 3.8) is 0 Å². The molecule has 3 aromatic heterocycles. The number of alkyl halides is 3. The van der Waals surface area contributed by atoms with E-state index < -0.39 is 11.7 Å². The Morgan fingerprint density at radius 1 is 1.23 bits per heavy atom. The van der Waals surface area contributed by atoms with Crippen molar-refractivity contribution in [3.05, 3.63) is 63.5 Å². The molecule has 1 aromatic carbocycles. The fraction of sp³-hybridized carbons (Fsp3) is 0.304. The molecule has 0 unspecified atom stereocenters. The molecule has 2 amide bonds. The Morgan fingerprint density at radius 2 is 2.03 bits per heavy atom. The molecular formula is C23H20F3N5O2S2. The average molecular weight is 520 g/mol. The first kappa shape index (κ1) is 23.5. The minimum Gasteiger partial charge on any atom is -0.349 e. The first-order valence-corrected chi connectivity index (χ1v) is 12.5. The summed E-state index contributed by atoms with van der Waals surface area (Å²) in [5, 5.41) is 5.33. The fourth-order valence-corrected chi connectivity index (χ4v) is 5.79. The predicted molar refractivity (Wildman–Crippen MR) is 127 cm³/mol. The van der Waals surface area contributed by atoms with Gasteiger partial charge in [0.25, 0.3) is 11.8 Å². The van der Waals surface area contributed by atoms with E-state index in [2.05, 4.69) is 15.3 Å². The van der Waals surface area contributed by atoms with Crippen LogP contribution < -0.4 is 5.32 Å². The maximum Gasteiger partial charge on any atom is 0.416 e. The summed E-state index contributed by atoms with van der Waals surface area (Å²) in [4.78, 5) is 37.6. The van der Waals surface area contributed by atoms with Crippen molar-refractivity contribution in [1.29, 1.82) is 0 Å². The molecule has 1 atom stereocenters. The number of hydrogen-bond acceptors (Lipinski definition) is 6. The van der Waals surface area contributed by atoms with Crippen LogP contribution >= 0.6 is 22.7 Å². The number of rotatable bonds is 5. The fourth-order valence-electron chi connectivity index (χ4n) is 4.12. The second-order valence-electron chi connectivity index (χ2n) is 8.24. The molecule has 0 bridgehead atoms. The maximum atomic E-state index is 13.3. The van der Waals surface area contributed by atoms with E-state index in [1.807, 2.05) is 5.38 Å². The molecule has 0 saturated carbocycles. The first-order chi connectivity index (χ1) is 16.6. The number of carbonyl (C=O) groups excluding carboxylic acids is 2. The lowest BCUT2D eigenvalue weighted by Gasteiger charge is -2.40. The van der Waals surface area contributed by atoms with Gasteiger partial charge in [0.05, 0.1) is 27.2 Å². The highest BCUT2D eigenvalue weighted by Gasteiger charge is 2.36. The van der Waals surface area contributed by atoms with Crippen LogP contribution in [-0.2, 0) is 6.18 Å². The lowest BCUT2D eigenvalue weighted by atomic mass is 10.0. The van der Waals surface area contributed by atoms with Gasteiger partial charge in [-0.25, -0.2) is 9.97 Å². The van der Waals surface area contributed by atoms with Crippen molar-refractivity contribution in [2.45, 2.75) is 32.5 Å². The van der Waals surface area contributed by atoms with E-state index in [0.29, 0.717) is 39.8 Å². The lowest BCUT2D eigenvalue weighted by Crippen LogP contribution is -2.56. The third-order valence-electron chi connectivity index (χ3n) is 5.94. The molecule has 182 valence electrons. The number of amides is 2. The number of aromatic nitrogens is 3. The molecule has 1 saturated heterocycles. The molecule has 35 heavy (non-hydrogen) atoms. The Balaban J connectivity index is 1.32. The zero-order valence-electron chi connectivity index (χ0n) is 18.7. The van der Waals surface area contributed by atoms with Gasteiger partial charge in [0, 0.05) is 24.7 Å². The normalized spacial score (nSPS) is 15.9. The lowest BCUT2D eigenvalue weighted by molar-refractivity contribution is -0.137. The highest BCUT2D eigenvalue weighted by molar-refractivity contribution is 7.15. The van der Waals surface area contributed by atoms with Crippen LogP contribution in [0.1, 0.15) is 43.7 Å². The van der Waals surface area contributed by atoms with E-state index in [4.69, 9.17) is 0 Å². The van der Waals surface area contributed by atoms with Gasteiger partial charge >= 0.3 is 6.18 Å². The molecule has 1 fully saturated rings. The van der Waals surface area contributed by atoms with Gasteiger partial charge in [0.15, 0.2) is 4.96 Å². The third-order valence-corrected chi connectivity index (χ3v) is 7.72. The minimum atomic E-state index is -4.48. The van der Waals surface area contributed by atoms with Crippen molar-refractivity contribution in [2.75, 3.05) is 13.1 Å². The number of carbonyl (C=O) groups is 2. The molecule has 4 aromatic rings. The van der Waals surface area contributed by atoms with Gasteiger partial charge < -0.3 is 10.2 Å². The van der Waals surface area contributed by atoms with Crippen LogP contribution in [0.2, 0.25) is 0 Å². The number of nitrogens with one attached hydrogen (secondary N) is 1. The molecule has 0 aliphatic carbocycles. The molecule has 1 N–H and O–H groups in total. The van der Waals surface area contributed by atoms with E-state index in [-0.39, 0.29) is 30.1 Å². The molecule has 5 rings (SSSR count). The molecule has 0 spiro atoms. The number of halogens is 3. The van der Waals surface area contributed by atoms with Crippen LogP contribution in [0.4, 0.5) is 13.2 Å². The van der Waals surface area contributed by atoms with Gasteiger partial charge in [-0.3, -0.25) is 14.0 Å². The van der Waals surface area contributed by atoms with Crippen molar-refractivity contribution in [3.8, 4) is 10.4 Å². The summed E-state index contributed by atoms with van der Waals surface area (Å²) in [7, 11) is 0. The summed E-state index contributed by atoms with van der Waals surface area (Å²) in [6, 6.07) is 4.68. The smallest absolute Gasteiger partial charge is 0.349 e. The topological polar surface area (TPSA) is 79.6 Å². The van der Waals surface area contributed by atoms with Crippen LogP contribution in [0.5, 0.6) is 0 Å². The summed E-state index contributed by atoms with van der Waals surface area (Å²) in [6.07, 6.45) is -2.00. The van der Waals surface area contributed by atoms with Crippen LogP contribution in [0.3, 0.4) is 0 Å². The standard InChI is InChI=1S/C23H20F3N5O2S2/c1-12-18(31-8-9-34-22(31)28-12)20(32)27-11-16-6-7-30(16)21(33)17-19(35-13(2)29-17)14-4-3-5-15(10-14)23(24,25)26/h3-5,8-10,16H,6-7,11H2,1-2H3,(H,27,32)/t16-/m0/s1. The average Bonchev–Trinajstić information content (AvgIpc) is 3.46. The number of hydrogen-bond donors (Lipinski definition) is 1. The van der Waals surface area contributed by atoms with Crippen LogP contribution in [0.25, 0.3) is 15.4 Å². The second-order valence-corrected chi connectivity index (χ2v) is 10.3. The predicted octanol–water partition coefficient (Wildman–Crippen LogP) is 4.80. The number of nitrogens with zero attached hydrogens (tertiary/aromatic N) is 4. The van der Waals surface area contributed by atoms with E-state index >= 15 is 0 Å². The highest BCUT2D eigenvalue weighted by Crippen LogP contribution is 2.36. The number of thiazole rings is 2. The Kier molecular flexibility index (Phi) is 5.88. The zero-order valence-corrected chi connectivity index (χ0v) is 20.4. The Bertz CT molecular complexity index is 1440. The van der Waals surface area contributed by atoms with Crippen molar-refractivity contribution in [1.82, 2.24) is 24.6 Å². The van der Waals surface area contributed by atoms with Gasteiger partial charge in [0.1, 0.15) is 11.4 Å². The van der Waals surface area contributed by atoms with E-state index in [0.717, 1.165) is 17.1 Å². The first-order valence-electron chi connectivity index (χ1n) is 10.8. The van der Waals surface area contributed by atoms with Crippen molar-refractivity contribution >= 4 is 39.4 Å². The van der Waals surface area contributed by atoms with Gasteiger partial charge in [-0.1, -0.05) is 12.1 Å². The summed E-state index contributed by atoms with van der Waals surface area (Å²) < 4.78 is 41.4. The molecular weight excluding hydrogens is 499 g/mol. The van der Waals surface area contributed by atoms with Crippen LogP contribution in [0, 0.1) is 13.8 Å². The Hall–Kier alpha value is -3.25. The molecule has 1 aliphatic rings. The molecule has 1 aliphatic heterocycles. The largest absolute Gasteiger partial charge is 0.416 e. The third kappa shape index (κ3) is 4.31. The summed E-state index contributed by atoms with van der Waals surface area (Å²) in [5.74, 6) is -0.630. The summed E-state index contributed by atoms with van der Waals surface area (Å²) >= 11 is 2.62. The SMILES string of the molecule is Cc1nc(C(=O)N2CC[C@H]2CNC(=O)c2c(C)nc3sccn23)c(-c2cccc(C(F)(F)F)c2)s1. The van der Waals surface area contributed by atoms with Gasteiger partial charge in [-0.15, -0.1) is 22.7 Å². The second kappa shape index (κ2) is 8.76. The van der Waals surface area contributed by atoms with Gasteiger partial charge in [-0.05, 0) is 38.0 Å². The molecule has 12 heteroatoms. The Morgan fingerprint density at radius 3 is 2.74 bits per heavy atom. The van der Waals surface area contributed by atoms with Crippen LogP contribution in [-0.4, -0.2) is 50.2 Å². The van der Waals surface area contributed by atoms with Crippen molar-refractivity contribution in [2.24, 2.45) is 0 Å². The number of benzene rings is 1. The number of likely N-dealkylation sites (tertiary alicyclic amines) is 1. The van der Waals surface area contributed by atoms with Gasteiger partial charge in [-0.2, -0.15) is 13.2 Å². The zero-order chi connectivity index (χ0) is 24.9. The highest BCUT2D eigenvalue weighted by atomic mass is 32.1.